The molecule has 0 aliphatic carbocycles. The summed E-state index contributed by atoms with van der Waals surface area (Å²) in [6.45, 7) is 1.19. The molecule has 1 aliphatic heterocycles. The molecular weight excluding hydrogens is 315 g/mol. The SMILES string of the molecule is O=S(=O)(c1ccc(Nc2ccc(F)cc2)cc1)N1CCCCC1. The summed E-state index contributed by atoms with van der Waals surface area (Å²) in [6, 6.07) is 12.7. The first kappa shape index (κ1) is 16.0. The van der Waals surface area contributed by atoms with Crippen LogP contribution in [0.1, 0.15) is 19.3 Å². The van der Waals surface area contributed by atoms with Crippen molar-refractivity contribution in [3.63, 3.8) is 0 Å². The monoisotopic (exact) mass is 334 g/mol. The number of hydrogen-bond acceptors (Lipinski definition) is 3. The summed E-state index contributed by atoms with van der Waals surface area (Å²) >= 11 is 0. The second kappa shape index (κ2) is 6.68. The van der Waals surface area contributed by atoms with E-state index < -0.39 is 10.0 Å². The molecule has 6 heteroatoms. The van der Waals surface area contributed by atoms with E-state index in [0.29, 0.717) is 18.0 Å². The topological polar surface area (TPSA) is 49.4 Å². The highest BCUT2D eigenvalue weighted by molar-refractivity contribution is 7.89. The van der Waals surface area contributed by atoms with Crippen LogP contribution in [0, 0.1) is 5.82 Å². The molecule has 3 rings (SSSR count). The Hall–Kier alpha value is -1.92. The van der Waals surface area contributed by atoms with Gasteiger partial charge in [-0.05, 0) is 61.4 Å². The van der Waals surface area contributed by atoms with Crippen molar-refractivity contribution in [2.45, 2.75) is 24.2 Å². The summed E-state index contributed by atoms with van der Waals surface area (Å²) in [7, 11) is -3.40. The predicted molar refractivity (Wildman–Crippen MR) is 88.7 cm³/mol. The minimum atomic E-state index is -3.40. The lowest BCUT2D eigenvalue weighted by Gasteiger charge is -2.25. The maximum atomic E-state index is 12.9. The summed E-state index contributed by atoms with van der Waals surface area (Å²) in [5.41, 5.74) is 1.51. The van der Waals surface area contributed by atoms with Gasteiger partial charge in [0.2, 0.25) is 10.0 Å². The Labute approximate surface area is 136 Å². The van der Waals surface area contributed by atoms with Gasteiger partial charge in [0.15, 0.2) is 0 Å². The molecule has 1 aliphatic rings. The van der Waals surface area contributed by atoms with Gasteiger partial charge in [-0.25, -0.2) is 12.8 Å². The van der Waals surface area contributed by atoms with Gasteiger partial charge in [0.25, 0.3) is 0 Å². The van der Waals surface area contributed by atoms with Crippen LogP contribution in [-0.2, 0) is 10.0 Å². The molecule has 23 heavy (non-hydrogen) atoms. The summed E-state index contributed by atoms with van der Waals surface area (Å²) in [5.74, 6) is -0.293. The fraction of sp³-hybridized carbons (Fsp3) is 0.294. The lowest BCUT2D eigenvalue weighted by atomic mass is 10.2. The zero-order chi connectivity index (χ0) is 16.3. The number of sulfonamides is 1. The van der Waals surface area contributed by atoms with Gasteiger partial charge in [0.1, 0.15) is 5.82 Å². The number of benzene rings is 2. The number of rotatable bonds is 4. The van der Waals surface area contributed by atoms with Crippen molar-refractivity contribution in [2.75, 3.05) is 18.4 Å². The van der Waals surface area contributed by atoms with Crippen LogP contribution in [0.25, 0.3) is 0 Å². The Kier molecular flexibility index (Phi) is 4.63. The molecule has 0 radical (unpaired) electrons. The molecule has 0 spiro atoms. The molecular formula is C17H19FN2O2S. The van der Waals surface area contributed by atoms with Gasteiger partial charge < -0.3 is 5.32 Å². The van der Waals surface area contributed by atoms with Crippen LogP contribution in [0.2, 0.25) is 0 Å². The second-order valence-electron chi connectivity index (χ2n) is 5.62. The minimum Gasteiger partial charge on any atom is -0.356 e. The van der Waals surface area contributed by atoms with Gasteiger partial charge in [-0.2, -0.15) is 4.31 Å². The maximum absolute atomic E-state index is 12.9. The Bertz CT molecular complexity index is 752. The first-order chi connectivity index (χ1) is 11.1. The summed E-state index contributed by atoms with van der Waals surface area (Å²) in [6.07, 6.45) is 2.93. The van der Waals surface area contributed by atoms with E-state index in [2.05, 4.69) is 5.32 Å². The van der Waals surface area contributed by atoms with E-state index >= 15 is 0 Å². The van der Waals surface area contributed by atoms with E-state index in [-0.39, 0.29) is 5.82 Å². The molecule has 4 nitrogen and oxygen atoms in total. The van der Waals surface area contributed by atoms with E-state index in [1.807, 2.05) is 0 Å². The smallest absolute Gasteiger partial charge is 0.243 e. The van der Waals surface area contributed by atoms with Gasteiger partial charge in [0, 0.05) is 24.5 Å². The molecule has 1 heterocycles. The fourth-order valence-corrected chi connectivity index (χ4v) is 4.18. The number of piperidine rings is 1. The van der Waals surface area contributed by atoms with Crippen LogP contribution < -0.4 is 5.32 Å². The van der Waals surface area contributed by atoms with Crippen molar-refractivity contribution in [3.8, 4) is 0 Å². The Morgan fingerprint density at radius 2 is 1.35 bits per heavy atom. The van der Waals surface area contributed by atoms with Gasteiger partial charge >= 0.3 is 0 Å². The Morgan fingerprint density at radius 1 is 0.826 bits per heavy atom. The standard InChI is InChI=1S/C17H19FN2O2S/c18-14-4-6-15(7-5-14)19-16-8-10-17(11-9-16)23(21,22)20-12-2-1-3-13-20/h4-11,19H,1-3,12-13H2. The lowest BCUT2D eigenvalue weighted by molar-refractivity contribution is 0.346. The van der Waals surface area contributed by atoms with Gasteiger partial charge in [0.05, 0.1) is 4.90 Å². The molecule has 1 N–H and O–H groups in total. The normalized spacial score (nSPS) is 16.2. The molecule has 0 amide bonds. The quantitative estimate of drug-likeness (QED) is 0.926. The van der Waals surface area contributed by atoms with Crippen LogP contribution in [0.15, 0.2) is 53.4 Å². The van der Waals surface area contributed by atoms with Crippen molar-refractivity contribution in [1.82, 2.24) is 4.31 Å². The highest BCUT2D eigenvalue weighted by atomic mass is 32.2. The van der Waals surface area contributed by atoms with Crippen LogP contribution in [0.4, 0.5) is 15.8 Å². The van der Waals surface area contributed by atoms with E-state index in [0.717, 1.165) is 30.6 Å². The zero-order valence-electron chi connectivity index (χ0n) is 12.7. The molecule has 0 atom stereocenters. The summed E-state index contributed by atoms with van der Waals surface area (Å²) < 4.78 is 39.6. The molecule has 122 valence electrons. The highest BCUT2D eigenvalue weighted by Gasteiger charge is 2.25. The number of halogens is 1. The van der Waals surface area contributed by atoms with E-state index in [1.165, 1.54) is 12.1 Å². The van der Waals surface area contributed by atoms with E-state index in [4.69, 9.17) is 0 Å². The predicted octanol–water partition coefficient (Wildman–Crippen LogP) is 3.74. The van der Waals surface area contributed by atoms with Crippen LogP contribution in [0.3, 0.4) is 0 Å². The average molecular weight is 334 g/mol. The summed E-state index contributed by atoms with van der Waals surface area (Å²) in [5, 5.41) is 3.11. The molecule has 2 aromatic rings. The van der Waals surface area contributed by atoms with E-state index in [9.17, 15) is 12.8 Å². The Balaban J connectivity index is 1.74. The molecule has 2 aromatic carbocycles. The van der Waals surface area contributed by atoms with Crippen LogP contribution in [0.5, 0.6) is 0 Å². The zero-order valence-corrected chi connectivity index (χ0v) is 13.5. The van der Waals surface area contributed by atoms with Crippen molar-refractivity contribution in [2.24, 2.45) is 0 Å². The third kappa shape index (κ3) is 3.71. The Morgan fingerprint density at radius 3 is 1.91 bits per heavy atom. The molecule has 1 saturated heterocycles. The second-order valence-corrected chi connectivity index (χ2v) is 7.56. The number of nitrogens with one attached hydrogen (secondary N) is 1. The van der Waals surface area contributed by atoms with E-state index in [1.54, 1.807) is 40.7 Å². The molecule has 0 bridgehead atoms. The first-order valence-corrected chi connectivity index (χ1v) is 9.12. The molecule has 0 unspecified atom stereocenters. The van der Waals surface area contributed by atoms with Gasteiger partial charge in [-0.15, -0.1) is 0 Å². The van der Waals surface area contributed by atoms with Crippen molar-refractivity contribution < 1.29 is 12.8 Å². The van der Waals surface area contributed by atoms with Gasteiger partial charge in [-0.1, -0.05) is 6.42 Å². The lowest BCUT2D eigenvalue weighted by Crippen LogP contribution is -2.35. The largest absolute Gasteiger partial charge is 0.356 e. The number of nitrogens with zero attached hydrogens (tertiary/aromatic N) is 1. The molecule has 1 fully saturated rings. The van der Waals surface area contributed by atoms with Crippen LogP contribution in [-0.4, -0.2) is 25.8 Å². The van der Waals surface area contributed by atoms with Gasteiger partial charge in [-0.3, -0.25) is 0 Å². The molecule has 0 aromatic heterocycles. The average Bonchev–Trinajstić information content (AvgIpc) is 2.58. The van der Waals surface area contributed by atoms with Crippen molar-refractivity contribution >= 4 is 21.4 Å². The third-order valence-electron chi connectivity index (χ3n) is 3.94. The number of anilines is 2. The van der Waals surface area contributed by atoms with Crippen molar-refractivity contribution in [1.29, 1.82) is 0 Å². The van der Waals surface area contributed by atoms with Crippen LogP contribution >= 0.6 is 0 Å². The maximum Gasteiger partial charge on any atom is 0.243 e. The first-order valence-electron chi connectivity index (χ1n) is 7.68. The number of hydrogen-bond donors (Lipinski definition) is 1. The molecule has 0 saturated carbocycles. The third-order valence-corrected chi connectivity index (χ3v) is 5.85. The van der Waals surface area contributed by atoms with Crippen molar-refractivity contribution in [3.05, 3.63) is 54.3 Å². The minimum absolute atomic E-state index is 0.293. The fourth-order valence-electron chi connectivity index (χ4n) is 2.66. The highest BCUT2D eigenvalue weighted by Crippen LogP contribution is 2.23. The summed E-state index contributed by atoms with van der Waals surface area (Å²) in [4.78, 5) is 0.309.